The predicted molar refractivity (Wildman–Crippen MR) is 76.9 cm³/mol. The van der Waals surface area contributed by atoms with Crippen LogP contribution in [-0.4, -0.2) is 17.0 Å². The van der Waals surface area contributed by atoms with Gasteiger partial charge in [0.05, 0.1) is 11.3 Å². The van der Waals surface area contributed by atoms with E-state index in [9.17, 15) is 14.0 Å². The van der Waals surface area contributed by atoms with Gasteiger partial charge in [0.15, 0.2) is 0 Å². The summed E-state index contributed by atoms with van der Waals surface area (Å²) in [5.74, 6) is -2.54. The van der Waals surface area contributed by atoms with Crippen LogP contribution in [0, 0.1) is 12.7 Å². The van der Waals surface area contributed by atoms with Crippen molar-refractivity contribution in [2.24, 2.45) is 0 Å². The molecule has 0 heterocycles. The lowest BCUT2D eigenvalue weighted by Crippen LogP contribution is -2.14. The lowest BCUT2D eigenvalue weighted by Gasteiger charge is -2.08. The minimum atomic E-state index is -1.24. The molecule has 0 unspecified atom stereocenters. The maximum absolute atomic E-state index is 13.7. The standard InChI is InChI=1S/C15H13FN2O3/c1-8-6-9(2-4-12(8)17)14(19)18-13-5-3-10(15(20)21)7-11(13)16/h2-7H,17H2,1H3,(H,18,19)(H,20,21). The van der Waals surface area contributed by atoms with Crippen LogP contribution in [0.15, 0.2) is 36.4 Å². The van der Waals surface area contributed by atoms with Crippen molar-refractivity contribution >= 4 is 23.3 Å². The molecular formula is C15H13FN2O3. The van der Waals surface area contributed by atoms with Crippen LogP contribution in [0.4, 0.5) is 15.8 Å². The molecule has 21 heavy (non-hydrogen) atoms. The average molecular weight is 288 g/mol. The molecule has 0 saturated carbocycles. The van der Waals surface area contributed by atoms with Crippen molar-refractivity contribution in [2.75, 3.05) is 11.1 Å². The number of carbonyl (C=O) groups excluding carboxylic acids is 1. The maximum atomic E-state index is 13.7. The van der Waals surface area contributed by atoms with E-state index in [1.807, 2.05) is 0 Å². The minimum absolute atomic E-state index is 0.0838. The first-order valence-electron chi connectivity index (χ1n) is 6.09. The van der Waals surface area contributed by atoms with E-state index in [0.717, 1.165) is 11.6 Å². The largest absolute Gasteiger partial charge is 0.478 e. The van der Waals surface area contributed by atoms with E-state index in [1.54, 1.807) is 19.1 Å². The van der Waals surface area contributed by atoms with Crippen molar-refractivity contribution in [1.29, 1.82) is 0 Å². The number of aromatic carboxylic acids is 1. The number of aryl methyl sites for hydroxylation is 1. The zero-order valence-corrected chi connectivity index (χ0v) is 11.2. The number of nitrogens with two attached hydrogens (primary N) is 1. The molecule has 0 spiro atoms. The SMILES string of the molecule is Cc1cc(C(=O)Nc2ccc(C(=O)O)cc2F)ccc1N. The fourth-order valence-corrected chi connectivity index (χ4v) is 1.76. The monoisotopic (exact) mass is 288 g/mol. The summed E-state index contributed by atoms with van der Waals surface area (Å²) in [6, 6.07) is 7.99. The third-order valence-corrected chi connectivity index (χ3v) is 3.00. The molecule has 0 fully saturated rings. The first-order chi connectivity index (χ1) is 9.88. The number of nitrogens with one attached hydrogen (secondary N) is 1. The molecule has 0 aliphatic heterocycles. The first-order valence-corrected chi connectivity index (χ1v) is 6.09. The summed E-state index contributed by atoms with van der Waals surface area (Å²) < 4.78 is 13.7. The predicted octanol–water partition coefficient (Wildman–Crippen LogP) is 2.67. The number of hydrogen-bond acceptors (Lipinski definition) is 3. The molecule has 2 aromatic rings. The number of halogens is 1. The Labute approximate surface area is 120 Å². The molecule has 6 heteroatoms. The molecule has 0 radical (unpaired) electrons. The van der Waals surface area contributed by atoms with E-state index in [0.29, 0.717) is 11.3 Å². The molecule has 5 nitrogen and oxygen atoms in total. The highest BCUT2D eigenvalue weighted by Gasteiger charge is 2.12. The molecule has 108 valence electrons. The molecule has 4 N–H and O–H groups in total. The Morgan fingerprint density at radius 3 is 2.38 bits per heavy atom. The fraction of sp³-hybridized carbons (Fsp3) is 0.0667. The van der Waals surface area contributed by atoms with E-state index < -0.39 is 17.7 Å². The van der Waals surface area contributed by atoms with Gasteiger partial charge < -0.3 is 16.2 Å². The molecule has 0 saturated heterocycles. The smallest absolute Gasteiger partial charge is 0.335 e. The van der Waals surface area contributed by atoms with E-state index in [2.05, 4.69) is 5.32 Å². The van der Waals surface area contributed by atoms with Crippen LogP contribution in [-0.2, 0) is 0 Å². The van der Waals surface area contributed by atoms with Gasteiger partial charge in [0.25, 0.3) is 5.91 Å². The fourth-order valence-electron chi connectivity index (χ4n) is 1.76. The van der Waals surface area contributed by atoms with Crippen LogP contribution in [0.2, 0.25) is 0 Å². The summed E-state index contributed by atoms with van der Waals surface area (Å²) in [5.41, 5.74) is 7.03. The number of carboxylic acids is 1. The van der Waals surface area contributed by atoms with E-state index in [-0.39, 0.29) is 11.3 Å². The normalized spacial score (nSPS) is 10.2. The summed E-state index contributed by atoms with van der Waals surface area (Å²) in [4.78, 5) is 22.7. The van der Waals surface area contributed by atoms with Gasteiger partial charge >= 0.3 is 5.97 Å². The van der Waals surface area contributed by atoms with Crippen molar-refractivity contribution in [1.82, 2.24) is 0 Å². The number of hydrogen-bond donors (Lipinski definition) is 3. The Bertz CT molecular complexity index is 729. The number of nitrogen functional groups attached to an aromatic ring is 1. The molecule has 0 aromatic heterocycles. The quantitative estimate of drug-likeness (QED) is 0.757. The van der Waals surface area contributed by atoms with Gasteiger partial charge in [0.1, 0.15) is 5.82 Å². The van der Waals surface area contributed by atoms with Gasteiger partial charge in [-0.25, -0.2) is 9.18 Å². The Morgan fingerprint density at radius 2 is 1.81 bits per heavy atom. The van der Waals surface area contributed by atoms with Crippen molar-refractivity contribution in [3.8, 4) is 0 Å². The van der Waals surface area contributed by atoms with Crippen LogP contribution >= 0.6 is 0 Å². The van der Waals surface area contributed by atoms with Crippen molar-refractivity contribution in [3.63, 3.8) is 0 Å². The van der Waals surface area contributed by atoms with Gasteiger partial charge in [-0.15, -0.1) is 0 Å². The molecular weight excluding hydrogens is 275 g/mol. The minimum Gasteiger partial charge on any atom is -0.478 e. The summed E-state index contributed by atoms with van der Waals surface area (Å²) in [7, 11) is 0. The summed E-state index contributed by atoms with van der Waals surface area (Å²) >= 11 is 0. The highest BCUT2D eigenvalue weighted by molar-refractivity contribution is 6.04. The molecule has 0 bridgehead atoms. The third kappa shape index (κ3) is 3.17. The van der Waals surface area contributed by atoms with Crippen LogP contribution in [0.25, 0.3) is 0 Å². The zero-order valence-electron chi connectivity index (χ0n) is 11.2. The molecule has 1 amide bonds. The lowest BCUT2D eigenvalue weighted by molar-refractivity contribution is 0.0696. The Kier molecular flexibility index (Phi) is 3.89. The van der Waals surface area contributed by atoms with Gasteiger partial charge in [-0.1, -0.05) is 0 Å². The number of carboxylic acid groups (broad SMARTS) is 1. The maximum Gasteiger partial charge on any atom is 0.335 e. The van der Waals surface area contributed by atoms with Crippen molar-refractivity contribution in [2.45, 2.75) is 6.92 Å². The molecule has 2 aromatic carbocycles. The first kappa shape index (κ1) is 14.5. The highest BCUT2D eigenvalue weighted by Crippen LogP contribution is 2.18. The van der Waals surface area contributed by atoms with Gasteiger partial charge in [0.2, 0.25) is 0 Å². The topological polar surface area (TPSA) is 92.4 Å². The Balaban J connectivity index is 2.23. The van der Waals surface area contributed by atoms with Crippen LogP contribution in [0.5, 0.6) is 0 Å². The second-order valence-electron chi connectivity index (χ2n) is 4.53. The average Bonchev–Trinajstić information content (AvgIpc) is 2.43. The van der Waals surface area contributed by atoms with E-state index in [4.69, 9.17) is 10.8 Å². The number of benzene rings is 2. The Morgan fingerprint density at radius 1 is 1.14 bits per heavy atom. The number of carbonyl (C=O) groups is 2. The second-order valence-corrected chi connectivity index (χ2v) is 4.53. The second kappa shape index (κ2) is 5.62. The van der Waals surface area contributed by atoms with Crippen LogP contribution in [0.3, 0.4) is 0 Å². The zero-order chi connectivity index (χ0) is 15.6. The molecule has 0 aliphatic carbocycles. The molecule has 0 atom stereocenters. The van der Waals surface area contributed by atoms with Crippen molar-refractivity contribution < 1.29 is 19.1 Å². The summed E-state index contributed by atoms with van der Waals surface area (Å²) in [6.45, 7) is 1.76. The van der Waals surface area contributed by atoms with Crippen LogP contribution < -0.4 is 11.1 Å². The van der Waals surface area contributed by atoms with E-state index in [1.165, 1.54) is 18.2 Å². The molecule has 0 aliphatic rings. The number of anilines is 2. The van der Waals surface area contributed by atoms with Gasteiger partial charge in [0, 0.05) is 11.3 Å². The molecule has 2 rings (SSSR count). The van der Waals surface area contributed by atoms with Gasteiger partial charge in [-0.05, 0) is 48.9 Å². The summed E-state index contributed by atoms with van der Waals surface area (Å²) in [6.07, 6.45) is 0. The van der Waals surface area contributed by atoms with Gasteiger partial charge in [-0.2, -0.15) is 0 Å². The number of rotatable bonds is 3. The lowest BCUT2D eigenvalue weighted by atomic mass is 10.1. The van der Waals surface area contributed by atoms with Gasteiger partial charge in [-0.3, -0.25) is 4.79 Å². The Hall–Kier alpha value is -2.89. The third-order valence-electron chi connectivity index (χ3n) is 3.00. The van der Waals surface area contributed by atoms with Crippen molar-refractivity contribution in [3.05, 3.63) is 58.9 Å². The summed E-state index contributed by atoms with van der Waals surface area (Å²) in [5, 5.41) is 11.1. The highest BCUT2D eigenvalue weighted by atomic mass is 19.1. The number of amides is 1. The van der Waals surface area contributed by atoms with Crippen LogP contribution in [0.1, 0.15) is 26.3 Å². The van der Waals surface area contributed by atoms with E-state index >= 15 is 0 Å².